The highest BCUT2D eigenvalue weighted by atomic mass is 32.2. The minimum Gasteiger partial charge on any atom is -0.465 e. The minimum absolute atomic E-state index is 0.205. The van der Waals surface area contributed by atoms with Gasteiger partial charge in [0.2, 0.25) is 0 Å². The molecule has 0 aliphatic heterocycles. The Labute approximate surface area is 112 Å². The van der Waals surface area contributed by atoms with E-state index in [1.807, 2.05) is 0 Å². The molecule has 0 aromatic heterocycles. The lowest BCUT2D eigenvalue weighted by Crippen LogP contribution is -2.09. The van der Waals surface area contributed by atoms with E-state index >= 15 is 0 Å². The fourth-order valence-electron chi connectivity index (χ4n) is 1.27. The molecule has 0 fully saturated rings. The van der Waals surface area contributed by atoms with E-state index in [4.69, 9.17) is 17.0 Å². The van der Waals surface area contributed by atoms with Crippen molar-refractivity contribution in [1.82, 2.24) is 0 Å². The topological polar surface area (TPSA) is 26.3 Å². The summed E-state index contributed by atoms with van der Waals surface area (Å²) in [6, 6.07) is 8.25. The number of ether oxygens (including phenoxy) is 1. The summed E-state index contributed by atoms with van der Waals surface area (Å²) in [4.78, 5) is 11.1. The highest BCUT2D eigenvalue weighted by Gasteiger charge is 2.05. The molecule has 0 saturated heterocycles. The van der Waals surface area contributed by atoms with E-state index in [2.05, 4.69) is 31.2 Å². The van der Waals surface area contributed by atoms with Crippen molar-refractivity contribution >= 4 is 34.1 Å². The van der Waals surface area contributed by atoms with E-state index in [-0.39, 0.29) is 5.97 Å². The number of esters is 1. The monoisotopic (exact) mass is 268 g/mol. The number of thioether (sulfide) groups is 1. The smallest absolute Gasteiger partial charge is 0.316 e. The second kappa shape index (κ2) is 7.45. The molecule has 0 saturated carbocycles. The summed E-state index contributed by atoms with van der Waals surface area (Å²) in [5.41, 5.74) is 2.41. The molecule has 1 aromatic carbocycles. The lowest BCUT2D eigenvalue weighted by molar-refractivity contribution is -0.139. The summed E-state index contributed by atoms with van der Waals surface area (Å²) >= 11 is 6.61. The van der Waals surface area contributed by atoms with Gasteiger partial charge in [-0.25, -0.2) is 0 Å². The van der Waals surface area contributed by atoms with E-state index in [0.717, 1.165) is 10.6 Å². The molecule has 2 nitrogen and oxygen atoms in total. The van der Waals surface area contributed by atoms with Crippen LogP contribution in [0, 0.1) is 6.92 Å². The Balaban J connectivity index is 2.34. The molecule has 1 aromatic rings. The van der Waals surface area contributed by atoms with Crippen LogP contribution in [-0.2, 0) is 16.0 Å². The van der Waals surface area contributed by atoms with Crippen LogP contribution >= 0.6 is 24.0 Å². The average molecular weight is 268 g/mol. The van der Waals surface area contributed by atoms with Gasteiger partial charge in [-0.2, -0.15) is 0 Å². The zero-order valence-electron chi connectivity index (χ0n) is 10.1. The van der Waals surface area contributed by atoms with Crippen molar-refractivity contribution in [1.29, 1.82) is 0 Å². The van der Waals surface area contributed by atoms with E-state index in [1.54, 1.807) is 6.92 Å². The predicted octanol–water partition coefficient (Wildman–Crippen LogP) is 3.16. The fraction of sp³-hybridized carbons (Fsp3) is 0.385. The first-order chi connectivity index (χ1) is 8.11. The first kappa shape index (κ1) is 14.2. The number of benzene rings is 1. The predicted molar refractivity (Wildman–Crippen MR) is 76.6 cm³/mol. The van der Waals surface area contributed by atoms with Crippen molar-refractivity contribution in [2.45, 2.75) is 20.3 Å². The standard InChI is InChI=1S/C13H16O2S2/c1-3-15-12(14)9-17-13(16)8-11-6-4-10(2)5-7-11/h4-7H,3,8-9H2,1-2H3. The number of rotatable bonds is 5. The maximum atomic E-state index is 11.1. The molecular formula is C13H16O2S2. The SMILES string of the molecule is CCOC(=O)CSC(=S)Cc1ccc(C)cc1. The number of thiocarbonyl (C=S) groups is 1. The van der Waals surface area contributed by atoms with Crippen LogP contribution in [0.2, 0.25) is 0 Å². The summed E-state index contributed by atoms with van der Waals surface area (Å²) in [5, 5.41) is 0. The maximum absolute atomic E-state index is 11.1. The van der Waals surface area contributed by atoms with Gasteiger partial charge in [-0.15, -0.1) is 11.8 Å². The molecule has 1 rings (SSSR count). The second-order valence-electron chi connectivity index (χ2n) is 3.63. The van der Waals surface area contributed by atoms with E-state index in [0.29, 0.717) is 12.4 Å². The van der Waals surface area contributed by atoms with Crippen molar-refractivity contribution in [3.63, 3.8) is 0 Å². The normalized spacial score (nSPS) is 10.0. The number of hydrogen-bond acceptors (Lipinski definition) is 4. The van der Waals surface area contributed by atoms with Gasteiger partial charge in [0.1, 0.15) is 0 Å². The van der Waals surface area contributed by atoms with Crippen molar-refractivity contribution in [2.24, 2.45) is 0 Å². The molecule has 0 spiro atoms. The molecule has 17 heavy (non-hydrogen) atoms. The van der Waals surface area contributed by atoms with Crippen LogP contribution < -0.4 is 0 Å². The van der Waals surface area contributed by atoms with E-state index in [1.165, 1.54) is 22.9 Å². The largest absolute Gasteiger partial charge is 0.465 e. The van der Waals surface area contributed by atoms with E-state index in [9.17, 15) is 4.79 Å². The molecule has 4 heteroatoms. The third-order valence-electron chi connectivity index (χ3n) is 2.13. The summed E-state index contributed by atoms with van der Waals surface area (Å²) in [5.74, 6) is 0.0992. The van der Waals surface area contributed by atoms with Crippen molar-refractivity contribution in [3.8, 4) is 0 Å². The molecule has 0 radical (unpaired) electrons. The molecule has 0 aliphatic rings. The van der Waals surface area contributed by atoms with Crippen LogP contribution in [0.4, 0.5) is 0 Å². The fourth-order valence-corrected chi connectivity index (χ4v) is 2.24. The number of carbonyl (C=O) groups excluding carboxylic acids is 1. The molecule has 0 N–H and O–H groups in total. The number of aryl methyl sites for hydroxylation is 1. The first-order valence-electron chi connectivity index (χ1n) is 5.48. The molecule has 0 atom stereocenters. The highest BCUT2D eigenvalue weighted by Crippen LogP contribution is 2.12. The van der Waals surface area contributed by atoms with Crippen LogP contribution in [-0.4, -0.2) is 22.5 Å². The van der Waals surface area contributed by atoms with Gasteiger partial charge in [0.05, 0.1) is 16.6 Å². The van der Waals surface area contributed by atoms with Crippen LogP contribution in [0.1, 0.15) is 18.1 Å². The van der Waals surface area contributed by atoms with Gasteiger partial charge < -0.3 is 4.74 Å². The molecule has 0 heterocycles. The van der Waals surface area contributed by atoms with Crippen molar-refractivity contribution in [2.75, 3.05) is 12.4 Å². The molecule has 0 bridgehead atoms. The zero-order chi connectivity index (χ0) is 12.7. The highest BCUT2D eigenvalue weighted by molar-refractivity contribution is 8.23. The Hall–Kier alpha value is -0.870. The third-order valence-corrected chi connectivity index (χ3v) is 3.47. The molecule has 0 aliphatic carbocycles. The van der Waals surface area contributed by atoms with Gasteiger partial charge in [0.25, 0.3) is 0 Å². The van der Waals surface area contributed by atoms with Gasteiger partial charge in [0.15, 0.2) is 0 Å². The molecular weight excluding hydrogens is 252 g/mol. The van der Waals surface area contributed by atoms with Gasteiger partial charge in [-0.05, 0) is 19.4 Å². The van der Waals surface area contributed by atoms with Crippen molar-refractivity contribution < 1.29 is 9.53 Å². The quantitative estimate of drug-likeness (QED) is 0.605. The summed E-state index contributed by atoms with van der Waals surface area (Å²) < 4.78 is 5.66. The Morgan fingerprint density at radius 3 is 2.59 bits per heavy atom. The van der Waals surface area contributed by atoms with Gasteiger partial charge >= 0.3 is 5.97 Å². The summed E-state index contributed by atoms with van der Waals surface area (Å²) in [6.45, 7) is 4.27. The Morgan fingerprint density at radius 2 is 2.00 bits per heavy atom. The van der Waals surface area contributed by atoms with Crippen LogP contribution in [0.3, 0.4) is 0 Å². The first-order valence-corrected chi connectivity index (χ1v) is 6.88. The van der Waals surface area contributed by atoms with Crippen LogP contribution in [0.25, 0.3) is 0 Å². The van der Waals surface area contributed by atoms with Crippen LogP contribution in [0.5, 0.6) is 0 Å². The van der Waals surface area contributed by atoms with Gasteiger partial charge in [0, 0.05) is 6.42 Å². The van der Waals surface area contributed by atoms with Crippen LogP contribution in [0.15, 0.2) is 24.3 Å². The summed E-state index contributed by atoms with van der Waals surface area (Å²) in [6.07, 6.45) is 0.722. The Morgan fingerprint density at radius 1 is 1.35 bits per heavy atom. The average Bonchev–Trinajstić information content (AvgIpc) is 2.30. The number of carbonyl (C=O) groups is 1. The number of hydrogen-bond donors (Lipinski definition) is 0. The molecule has 0 unspecified atom stereocenters. The second-order valence-corrected chi connectivity index (χ2v) is 5.45. The van der Waals surface area contributed by atoms with E-state index < -0.39 is 0 Å². The Kier molecular flexibility index (Phi) is 6.22. The third kappa shape index (κ3) is 5.84. The van der Waals surface area contributed by atoms with Crippen molar-refractivity contribution in [3.05, 3.63) is 35.4 Å². The summed E-state index contributed by atoms with van der Waals surface area (Å²) in [7, 11) is 0. The molecule has 0 amide bonds. The molecule has 92 valence electrons. The van der Waals surface area contributed by atoms with Gasteiger partial charge in [-0.3, -0.25) is 4.79 Å². The lowest BCUT2D eigenvalue weighted by atomic mass is 10.1. The lowest BCUT2D eigenvalue weighted by Gasteiger charge is -2.04. The minimum atomic E-state index is -0.205. The Bertz CT molecular complexity index is 385. The zero-order valence-corrected chi connectivity index (χ0v) is 11.7. The van der Waals surface area contributed by atoms with Gasteiger partial charge in [-0.1, -0.05) is 42.0 Å². The maximum Gasteiger partial charge on any atom is 0.316 e.